The van der Waals surface area contributed by atoms with Crippen LogP contribution < -0.4 is 9.62 Å². The standard InChI is InChI=1S/C34H34Cl2FN3O4S/c1-3-24(2)38-34(42)32(21-25-10-6-4-7-11-25)39(22-26-14-19-30(35)31(36)20-26)33(41)23-40(28-12-8-5-9-13-28)45(43,44)29-17-15-27(37)16-18-29/h4-20,24,32H,3,21-23H2,1-2H3,(H,38,42). The SMILES string of the molecule is CCC(C)NC(=O)C(Cc1ccccc1)N(Cc1ccc(Cl)c(Cl)c1)C(=O)CN(c1ccccc1)S(=O)(=O)c1ccc(F)cc1. The maximum Gasteiger partial charge on any atom is 0.264 e. The zero-order valence-corrected chi connectivity index (χ0v) is 27.2. The predicted octanol–water partition coefficient (Wildman–Crippen LogP) is 6.88. The molecular formula is C34H34Cl2FN3O4S. The van der Waals surface area contributed by atoms with Crippen LogP contribution in [0.3, 0.4) is 0 Å². The van der Waals surface area contributed by atoms with Crippen LogP contribution in [0.5, 0.6) is 0 Å². The van der Waals surface area contributed by atoms with Crippen molar-refractivity contribution in [1.29, 1.82) is 0 Å². The minimum atomic E-state index is -4.33. The normalized spacial score (nSPS) is 12.6. The van der Waals surface area contributed by atoms with E-state index in [1.807, 2.05) is 44.2 Å². The van der Waals surface area contributed by atoms with Gasteiger partial charge in [0.25, 0.3) is 10.0 Å². The monoisotopic (exact) mass is 669 g/mol. The van der Waals surface area contributed by atoms with Crippen molar-refractivity contribution in [2.75, 3.05) is 10.8 Å². The maximum atomic E-state index is 14.4. The van der Waals surface area contributed by atoms with Crippen molar-refractivity contribution < 1.29 is 22.4 Å². The minimum absolute atomic E-state index is 0.0552. The van der Waals surface area contributed by atoms with Crippen LogP contribution in [-0.2, 0) is 32.6 Å². The molecule has 0 aromatic heterocycles. The van der Waals surface area contributed by atoms with Gasteiger partial charge >= 0.3 is 0 Å². The summed E-state index contributed by atoms with van der Waals surface area (Å²) in [6.07, 6.45) is 0.842. The van der Waals surface area contributed by atoms with Gasteiger partial charge in [0.15, 0.2) is 0 Å². The molecule has 0 saturated heterocycles. The molecule has 4 aromatic rings. The first-order chi connectivity index (χ1) is 21.5. The van der Waals surface area contributed by atoms with Crippen LogP contribution in [0.2, 0.25) is 10.0 Å². The number of carbonyl (C=O) groups is 2. The molecule has 2 atom stereocenters. The summed E-state index contributed by atoms with van der Waals surface area (Å²) in [5.41, 5.74) is 1.64. The fraction of sp³-hybridized carbons (Fsp3) is 0.235. The van der Waals surface area contributed by atoms with E-state index in [-0.39, 0.29) is 40.5 Å². The number of anilines is 1. The molecule has 4 rings (SSSR count). The summed E-state index contributed by atoms with van der Waals surface area (Å²) in [4.78, 5) is 29.5. The molecule has 11 heteroatoms. The lowest BCUT2D eigenvalue weighted by Gasteiger charge is -2.34. The van der Waals surface area contributed by atoms with Gasteiger partial charge in [-0.3, -0.25) is 13.9 Å². The van der Waals surface area contributed by atoms with Gasteiger partial charge in [-0.05, 0) is 73.0 Å². The van der Waals surface area contributed by atoms with E-state index in [9.17, 15) is 22.4 Å². The molecule has 45 heavy (non-hydrogen) atoms. The minimum Gasteiger partial charge on any atom is -0.352 e. The van der Waals surface area contributed by atoms with Crippen LogP contribution in [0.1, 0.15) is 31.4 Å². The van der Waals surface area contributed by atoms with Crippen molar-refractivity contribution in [3.05, 3.63) is 130 Å². The highest BCUT2D eigenvalue weighted by Gasteiger charge is 2.35. The zero-order valence-electron chi connectivity index (χ0n) is 24.9. The zero-order chi connectivity index (χ0) is 32.6. The molecule has 236 valence electrons. The molecule has 0 bridgehead atoms. The summed E-state index contributed by atoms with van der Waals surface area (Å²) in [5, 5.41) is 3.59. The van der Waals surface area contributed by atoms with E-state index in [1.54, 1.807) is 48.5 Å². The Morgan fingerprint density at radius 2 is 1.47 bits per heavy atom. The molecule has 0 saturated carbocycles. The maximum absolute atomic E-state index is 14.4. The number of sulfonamides is 1. The van der Waals surface area contributed by atoms with Gasteiger partial charge in [0.2, 0.25) is 11.8 Å². The van der Waals surface area contributed by atoms with Crippen molar-refractivity contribution in [1.82, 2.24) is 10.2 Å². The second-order valence-electron chi connectivity index (χ2n) is 10.6. The van der Waals surface area contributed by atoms with E-state index in [2.05, 4.69) is 5.32 Å². The van der Waals surface area contributed by atoms with E-state index in [1.165, 1.54) is 4.90 Å². The molecule has 2 amide bonds. The van der Waals surface area contributed by atoms with Crippen LogP contribution in [0.4, 0.5) is 10.1 Å². The Bertz CT molecular complexity index is 1710. The number of para-hydroxylation sites is 1. The molecule has 1 N–H and O–H groups in total. The largest absolute Gasteiger partial charge is 0.352 e. The smallest absolute Gasteiger partial charge is 0.264 e. The number of hydrogen-bond acceptors (Lipinski definition) is 4. The lowest BCUT2D eigenvalue weighted by Crippen LogP contribution is -2.54. The third-order valence-corrected chi connectivity index (χ3v) is 9.86. The van der Waals surface area contributed by atoms with Crippen molar-refractivity contribution in [3.8, 4) is 0 Å². The van der Waals surface area contributed by atoms with Crippen LogP contribution in [0.15, 0.2) is 108 Å². The predicted molar refractivity (Wildman–Crippen MR) is 176 cm³/mol. The molecule has 4 aromatic carbocycles. The molecule has 0 heterocycles. The molecule has 2 unspecified atom stereocenters. The molecular weight excluding hydrogens is 636 g/mol. The average molecular weight is 671 g/mol. The van der Waals surface area contributed by atoms with Crippen molar-refractivity contribution in [2.24, 2.45) is 0 Å². The Labute approximate surface area is 273 Å². The quantitative estimate of drug-likeness (QED) is 0.168. The molecule has 0 fully saturated rings. The average Bonchev–Trinajstić information content (AvgIpc) is 3.04. The number of nitrogens with one attached hydrogen (secondary N) is 1. The Kier molecular flexibility index (Phi) is 11.6. The van der Waals surface area contributed by atoms with Crippen LogP contribution in [0, 0.1) is 5.82 Å². The van der Waals surface area contributed by atoms with Gasteiger partial charge in [-0.2, -0.15) is 0 Å². The fourth-order valence-corrected chi connectivity index (χ4v) is 6.42. The van der Waals surface area contributed by atoms with E-state index in [0.717, 1.165) is 34.1 Å². The van der Waals surface area contributed by atoms with Gasteiger partial charge in [-0.1, -0.05) is 84.7 Å². The topological polar surface area (TPSA) is 86.8 Å². The highest BCUT2D eigenvalue weighted by Crippen LogP contribution is 2.27. The lowest BCUT2D eigenvalue weighted by molar-refractivity contribution is -0.140. The van der Waals surface area contributed by atoms with E-state index >= 15 is 0 Å². The van der Waals surface area contributed by atoms with Gasteiger partial charge in [0.05, 0.1) is 20.6 Å². The third kappa shape index (κ3) is 8.84. The number of halogens is 3. The summed E-state index contributed by atoms with van der Waals surface area (Å²) >= 11 is 12.5. The Morgan fingerprint density at radius 3 is 2.07 bits per heavy atom. The number of rotatable bonds is 13. The van der Waals surface area contributed by atoms with Gasteiger partial charge < -0.3 is 10.2 Å². The number of nitrogens with zero attached hydrogens (tertiary/aromatic N) is 2. The van der Waals surface area contributed by atoms with Gasteiger partial charge in [0, 0.05) is 19.0 Å². The van der Waals surface area contributed by atoms with Crippen molar-refractivity contribution in [2.45, 2.75) is 50.2 Å². The second-order valence-corrected chi connectivity index (χ2v) is 13.3. The first-order valence-corrected chi connectivity index (χ1v) is 16.6. The van der Waals surface area contributed by atoms with Crippen molar-refractivity contribution >= 4 is 50.7 Å². The van der Waals surface area contributed by atoms with Gasteiger partial charge in [-0.25, -0.2) is 12.8 Å². The molecule has 0 aliphatic carbocycles. The Balaban J connectivity index is 1.80. The fourth-order valence-electron chi connectivity index (χ4n) is 4.69. The van der Waals surface area contributed by atoms with Gasteiger partial charge in [0.1, 0.15) is 18.4 Å². The molecule has 0 aliphatic heterocycles. The number of carbonyl (C=O) groups excluding carboxylic acids is 2. The van der Waals surface area contributed by atoms with E-state index in [0.29, 0.717) is 17.0 Å². The Hall–Kier alpha value is -3.92. The van der Waals surface area contributed by atoms with E-state index < -0.39 is 34.3 Å². The first-order valence-electron chi connectivity index (χ1n) is 14.4. The molecule has 0 aliphatic rings. The summed E-state index contributed by atoms with van der Waals surface area (Å²) in [5.74, 6) is -1.61. The summed E-state index contributed by atoms with van der Waals surface area (Å²) in [6, 6.07) is 25.5. The molecule has 0 radical (unpaired) electrons. The van der Waals surface area contributed by atoms with Crippen molar-refractivity contribution in [3.63, 3.8) is 0 Å². The van der Waals surface area contributed by atoms with Crippen LogP contribution in [-0.4, -0.2) is 43.8 Å². The number of benzene rings is 4. The van der Waals surface area contributed by atoms with Crippen LogP contribution >= 0.6 is 23.2 Å². The highest BCUT2D eigenvalue weighted by atomic mass is 35.5. The summed E-state index contributed by atoms with van der Waals surface area (Å²) < 4.78 is 42.6. The molecule has 7 nitrogen and oxygen atoms in total. The summed E-state index contributed by atoms with van der Waals surface area (Å²) in [7, 11) is -4.33. The van der Waals surface area contributed by atoms with Crippen LogP contribution in [0.25, 0.3) is 0 Å². The lowest BCUT2D eigenvalue weighted by atomic mass is 10.0. The van der Waals surface area contributed by atoms with E-state index in [4.69, 9.17) is 23.2 Å². The number of hydrogen-bond donors (Lipinski definition) is 1. The number of amides is 2. The summed E-state index contributed by atoms with van der Waals surface area (Å²) in [6.45, 7) is 3.12. The third-order valence-electron chi connectivity index (χ3n) is 7.33. The second kappa shape index (κ2) is 15.4. The van der Waals surface area contributed by atoms with Gasteiger partial charge in [-0.15, -0.1) is 0 Å². The Morgan fingerprint density at radius 1 is 0.844 bits per heavy atom. The molecule has 0 spiro atoms. The highest BCUT2D eigenvalue weighted by molar-refractivity contribution is 7.92. The first kappa shape index (κ1) is 34.0.